The standard InChI is InChI=1S/C25H22FN3O2/c1-15-3-10-22(27-13-15)18-5-4-16(2)23(11-18)29-25(31)21-14-28-24(30)12-20(21)17-6-8-19(26)9-7-17/h3-11,13-14,20H,12H2,1-2H3,(H,28,30)(H,29,31). The summed E-state index contributed by atoms with van der Waals surface area (Å²) in [5.74, 6) is -1.31. The van der Waals surface area contributed by atoms with Crippen molar-refractivity contribution in [2.75, 3.05) is 5.32 Å². The summed E-state index contributed by atoms with van der Waals surface area (Å²) in [6.45, 7) is 3.89. The van der Waals surface area contributed by atoms with Gasteiger partial charge in [-0.3, -0.25) is 14.6 Å². The largest absolute Gasteiger partial charge is 0.332 e. The number of hydrogen-bond acceptors (Lipinski definition) is 3. The highest BCUT2D eigenvalue weighted by Gasteiger charge is 2.29. The fraction of sp³-hybridized carbons (Fsp3) is 0.160. The summed E-state index contributed by atoms with van der Waals surface area (Å²) in [6, 6.07) is 15.6. The van der Waals surface area contributed by atoms with Crippen molar-refractivity contribution < 1.29 is 14.0 Å². The Balaban J connectivity index is 1.62. The van der Waals surface area contributed by atoms with E-state index < -0.39 is 5.92 Å². The number of nitrogens with zero attached hydrogens (tertiary/aromatic N) is 1. The molecule has 2 amide bonds. The average Bonchev–Trinajstić information content (AvgIpc) is 2.76. The Bertz CT molecular complexity index is 1170. The van der Waals surface area contributed by atoms with Gasteiger partial charge >= 0.3 is 0 Å². The summed E-state index contributed by atoms with van der Waals surface area (Å²) in [4.78, 5) is 29.6. The second-order valence-corrected chi connectivity index (χ2v) is 7.68. The number of rotatable bonds is 4. The molecule has 5 nitrogen and oxygen atoms in total. The molecule has 0 saturated carbocycles. The summed E-state index contributed by atoms with van der Waals surface area (Å²) in [5.41, 5.74) is 5.49. The molecule has 0 spiro atoms. The summed E-state index contributed by atoms with van der Waals surface area (Å²) in [7, 11) is 0. The molecular formula is C25H22FN3O2. The first-order valence-electron chi connectivity index (χ1n) is 10.0. The Labute approximate surface area is 180 Å². The van der Waals surface area contributed by atoms with Crippen LogP contribution in [-0.2, 0) is 9.59 Å². The van der Waals surface area contributed by atoms with E-state index in [-0.39, 0.29) is 24.1 Å². The maximum Gasteiger partial charge on any atom is 0.253 e. The number of anilines is 1. The molecule has 31 heavy (non-hydrogen) atoms. The molecule has 1 unspecified atom stereocenters. The van der Waals surface area contributed by atoms with Gasteiger partial charge in [0.2, 0.25) is 5.91 Å². The summed E-state index contributed by atoms with van der Waals surface area (Å²) in [5, 5.41) is 5.59. The number of aryl methyl sites for hydroxylation is 2. The van der Waals surface area contributed by atoms with Gasteiger partial charge in [-0.1, -0.05) is 30.3 Å². The minimum atomic E-state index is -0.448. The SMILES string of the molecule is Cc1ccc(-c2ccc(C)c(NC(=O)C3=CNC(=O)CC3c3ccc(F)cc3)c2)nc1. The van der Waals surface area contributed by atoms with Crippen molar-refractivity contribution in [2.24, 2.45) is 0 Å². The van der Waals surface area contributed by atoms with Gasteiger partial charge in [-0.15, -0.1) is 0 Å². The highest BCUT2D eigenvalue weighted by molar-refractivity contribution is 6.07. The van der Waals surface area contributed by atoms with E-state index in [4.69, 9.17) is 0 Å². The molecule has 2 aromatic carbocycles. The quantitative estimate of drug-likeness (QED) is 0.653. The number of amides is 2. The molecule has 1 aliphatic rings. The number of carbonyl (C=O) groups excluding carboxylic acids is 2. The molecule has 0 saturated heterocycles. The first-order valence-corrected chi connectivity index (χ1v) is 10.0. The monoisotopic (exact) mass is 415 g/mol. The summed E-state index contributed by atoms with van der Waals surface area (Å²) >= 11 is 0. The van der Waals surface area contributed by atoms with Gasteiger partial charge in [0.25, 0.3) is 5.91 Å². The van der Waals surface area contributed by atoms with Gasteiger partial charge in [-0.25, -0.2) is 4.39 Å². The molecule has 1 aromatic heterocycles. The fourth-order valence-electron chi connectivity index (χ4n) is 3.58. The molecule has 1 aliphatic heterocycles. The van der Waals surface area contributed by atoms with Crippen molar-refractivity contribution in [1.82, 2.24) is 10.3 Å². The molecule has 0 bridgehead atoms. The van der Waals surface area contributed by atoms with E-state index in [9.17, 15) is 14.0 Å². The van der Waals surface area contributed by atoms with Crippen LogP contribution in [0.3, 0.4) is 0 Å². The fourth-order valence-corrected chi connectivity index (χ4v) is 3.58. The lowest BCUT2D eigenvalue weighted by Crippen LogP contribution is -2.32. The minimum Gasteiger partial charge on any atom is -0.332 e. The topological polar surface area (TPSA) is 71.1 Å². The van der Waals surface area contributed by atoms with Crippen LogP contribution in [0.1, 0.15) is 29.0 Å². The first-order chi connectivity index (χ1) is 14.9. The number of hydrogen-bond donors (Lipinski definition) is 2. The van der Waals surface area contributed by atoms with Gasteiger partial charge < -0.3 is 10.6 Å². The molecule has 3 aromatic rings. The number of nitrogens with one attached hydrogen (secondary N) is 2. The van der Waals surface area contributed by atoms with Crippen LogP contribution in [0.25, 0.3) is 11.3 Å². The highest BCUT2D eigenvalue weighted by Crippen LogP contribution is 2.32. The van der Waals surface area contributed by atoms with Crippen LogP contribution in [0.15, 0.2) is 72.6 Å². The molecule has 0 aliphatic carbocycles. The minimum absolute atomic E-state index is 0.122. The van der Waals surface area contributed by atoms with Crippen LogP contribution in [0.5, 0.6) is 0 Å². The first kappa shape index (κ1) is 20.5. The van der Waals surface area contributed by atoms with Crippen LogP contribution in [0, 0.1) is 19.7 Å². The van der Waals surface area contributed by atoms with Crippen molar-refractivity contribution in [2.45, 2.75) is 26.2 Å². The summed E-state index contributed by atoms with van der Waals surface area (Å²) < 4.78 is 13.3. The van der Waals surface area contributed by atoms with Crippen LogP contribution in [-0.4, -0.2) is 16.8 Å². The van der Waals surface area contributed by atoms with Crippen molar-refractivity contribution in [3.05, 3.63) is 95.1 Å². The Morgan fingerprint density at radius 3 is 2.58 bits per heavy atom. The molecule has 2 heterocycles. The summed E-state index contributed by atoms with van der Waals surface area (Å²) in [6.07, 6.45) is 3.36. The van der Waals surface area contributed by atoms with E-state index in [0.29, 0.717) is 16.8 Å². The van der Waals surface area contributed by atoms with Crippen molar-refractivity contribution >= 4 is 17.5 Å². The number of halogens is 1. The number of pyridine rings is 1. The normalized spacial score (nSPS) is 15.8. The van der Waals surface area contributed by atoms with Crippen LogP contribution >= 0.6 is 0 Å². The van der Waals surface area contributed by atoms with Gasteiger partial charge in [0.05, 0.1) is 5.69 Å². The van der Waals surface area contributed by atoms with Gasteiger partial charge in [-0.05, 0) is 54.8 Å². The third-order valence-electron chi connectivity index (χ3n) is 5.38. The van der Waals surface area contributed by atoms with Gasteiger partial charge in [0.15, 0.2) is 0 Å². The van der Waals surface area contributed by atoms with Crippen LogP contribution in [0.4, 0.5) is 10.1 Å². The maximum absolute atomic E-state index is 13.3. The molecule has 1 atom stereocenters. The van der Waals surface area contributed by atoms with Crippen molar-refractivity contribution in [3.63, 3.8) is 0 Å². The Morgan fingerprint density at radius 2 is 1.87 bits per heavy atom. The molecule has 4 rings (SSSR count). The van der Waals surface area contributed by atoms with Crippen molar-refractivity contribution in [3.8, 4) is 11.3 Å². The average molecular weight is 415 g/mol. The number of aromatic nitrogens is 1. The maximum atomic E-state index is 13.3. The van der Waals surface area contributed by atoms with E-state index in [1.807, 2.05) is 44.2 Å². The van der Waals surface area contributed by atoms with Gasteiger partial charge in [-0.2, -0.15) is 0 Å². The zero-order chi connectivity index (χ0) is 22.0. The predicted molar refractivity (Wildman–Crippen MR) is 118 cm³/mol. The Morgan fingerprint density at radius 1 is 1.10 bits per heavy atom. The highest BCUT2D eigenvalue weighted by atomic mass is 19.1. The smallest absolute Gasteiger partial charge is 0.253 e. The van der Waals surface area contributed by atoms with E-state index in [2.05, 4.69) is 15.6 Å². The van der Waals surface area contributed by atoms with Crippen molar-refractivity contribution in [1.29, 1.82) is 0 Å². The van der Waals surface area contributed by atoms with Crippen LogP contribution in [0.2, 0.25) is 0 Å². The molecule has 2 N–H and O–H groups in total. The lowest BCUT2D eigenvalue weighted by molar-refractivity contribution is -0.121. The Kier molecular flexibility index (Phi) is 5.62. The number of benzene rings is 2. The second-order valence-electron chi connectivity index (χ2n) is 7.68. The molecule has 0 fully saturated rings. The van der Waals surface area contributed by atoms with E-state index in [1.165, 1.54) is 18.3 Å². The molecular weight excluding hydrogens is 393 g/mol. The third-order valence-corrected chi connectivity index (χ3v) is 5.38. The predicted octanol–water partition coefficient (Wildman–Crippen LogP) is 4.63. The van der Waals surface area contributed by atoms with E-state index in [0.717, 1.165) is 22.4 Å². The lowest BCUT2D eigenvalue weighted by atomic mass is 9.86. The van der Waals surface area contributed by atoms with Crippen LogP contribution < -0.4 is 10.6 Å². The molecule has 156 valence electrons. The van der Waals surface area contributed by atoms with Gasteiger partial charge in [0.1, 0.15) is 5.82 Å². The zero-order valence-electron chi connectivity index (χ0n) is 17.3. The van der Waals surface area contributed by atoms with E-state index in [1.54, 1.807) is 18.3 Å². The second kappa shape index (κ2) is 8.52. The zero-order valence-corrected chi connectivity index (χ0v) is 17.3. The third kappa shape index (κ3) is 4.53. The molecule has 6 heteroatoms. The van der Waals surface area contributed by atoms with Gasteiger partial charge in [0, 0.05) is 41.6 Å². The van der Waals surface area contributed by atoms with E-state index >= 15 is 0 Å². The number of carbonyl (C=O) groups is 2. The Hall–Kier alpha value is -3.80. The molecule has 0 radical (unpaired) electrons. The lowest BCUT2D eigenvalue weighted by Gasteiger charge is -2.24.